The summed E-state index contributed by atoms with van der Waals surface area (Å²) in [4.78, 5) is 0. The summed E-state index contributed by atoms with van der Waals surface area (Å²) in [6.45, 7) is 0.410. The third kappa shape index (κ3) is 4.87. The van der Waals surface area contributed by atoms with Crippen molar-refractivity contribution in [3.63, 3.8) is 0 Å². The predicted molar refractivity (Wildman–Crippen MR) is 55.1 cm³/mol. The number of para-hydroxylation sites is 1. The van der Waals surface area contributed by atoms with Crippen LogP contribution in [-0.2, 0) is 9.84 Å². The van der Waals surface area contributed by atoms with E-state index in [0.29, 0.717) is 18.8 Å². The minimum absolute atomic E-state index is 0.167. The van der Waals surface area contributed by atoms with Crippen LogP contribution in [0.2, 0.25) is 0 Å². The number of sulfone groups is 1. The van der Waals surface area contributed by atoms with Crippen LogP contribution >= 0.6 is 0 Å². The zero-order chi connectivity index (χ0) is 10.4. The van der Waals surface area contributed by atoms with E-state index in [1.807, 2.05) is 12.1 Å². The lowest BCUT2D eigenvalue weighted by Crippen LogP contribution is -2.07. The Morgan fingerprint density at radius 2 is 2.21 bits per heavy atom. The molecule has 77 valence electrons. The van der Waals surface area contributed by atoms with Crippen molar-refractivity contribution < 1.29 is 13.2 Å². The van der Waals surface area contributed by atoms with Gasteiger partial charge in [-0.15, -0.1) is 0 Å². The van der Waals surface area contributed by atoms with Crippen LogP contribution in [0.4, 0.5) is 0 Å². The van der Waals surface area contributed by atoms with Gasteiger partial charge >= 0.3 is 0 Å². The molecule has 1 radical (unpaired) electrons. The fourth-order valence-electron chi connectivity index (χ4n) is 0.970. The minimum atomic E-state index is -2.87. The van der Waals surface area contributed by atoms with E-state index in [0.717, 1.165) is 0 Å². The molecule has 0 spiro atoms. The second-order valence-corrected chi connectivity index (χ2v) is 5.32. The Hall–Kier alpha value is -1.03. The van der Waals surface area contributed by atoms with Gasteiger partial charge in [0.05, 0.1) is 12.4 Å². The van der Waals surface area contributed by atoms with Gasteiger partial charge in [-0.1, -0.05) is 18.2 Å². The third-order valence-electron chi connectivity index (χ3n) is 1.60. The molecule has 0 amide bonds. The van der Waals surface area contributed by atoms with E-state index in [1.165, 1.54) is 6.26 Å². The average molecular weight is 213 g/mol. The van der Waals surface area contributed by atoms with Crippen molar-refractivity contribution in [2.45, 2.75) is 6.42 Å². The van der Waals surface area contributed by atoms with Crippen molar-refractivity contribution >= 4 is 9.84 Å². The Labute approximate surface area is 84.6 Å². The molecular formula is C10H13O3S. The van der Waals surface area contributed by atoms with E-state index in [1.54, 1.807) is 12.1 Å². The Kier molecular flexibility index (Phi) is 3.95. The van der Waals surface area contributed by atoms with E-state index in [2.05, 4.69) is 6.07 Å². The summed E-state index contributed by atoms with van der Waals surface area (Å²) < 4.78 is 26.8. The second kappa shape index (κ2) is 5.00. The van der Waals surface area contributed by atoms with E-state index >= 15 is 0 Å². The first-order chi connectivity index (χ1) is 6.58. The molecule has 0 bridgehead atoms. The van der Waals surface area contributed by atoms with Crippen LogP contribution in [-0.4, -0.2) is 27.0 Å². The maximum absolute atomic E-state index is 10.8. The summed E-state index contributed by atoms with van der Waals surface area (Å²) in [5.41, 5.74) is 0. The molecule has 0 atom stereocenters. The first-order valence-corrected chi connectivity index (χ1v) is 6.41. The number of hydrogen-bond acceptors (Lipinski definition) is 3. The van der Waals surface area contributed by atoms with Crippen molar-refractivity contribution in [3.05, 3.63) is 30.3 Å². The molecule has 0 unspecified atom stereocenters. The molecule has 0 N–H and O–H groups in total. The summed E-state index contributed by atoms with van der Waals surface area (Å²) in [6, 6.07) is 10.1. The van der Waals surface area contributed by atoms with Crippen LogP contribution in [0, 0.1) is 6.07 Å². The van der Waals surface area contributed by atoms with Crippen LogP contribution in [0.3, 0.4) is 0 Å². The van der Waals surface area contributed by atoms with Crippen molar-refractivity contribution in [2.24, 2.45) is 0 Å². The standard InChI is InChI=1S/C10H13O3S/c1-14(11,12)9-5-8-13-10-6-3-2-4-7-10/h2-4,6H,5,8-9H2,1H3. The predicted octanol–water partition coefficient (Wildman–Crippen LogP) is 1.30. The van der Waals surface area contributed by atoms with E-state index in [9.17, 15) is 8.42 Å². The van der Waals surface area contributed by atoms with Gasteiger partial charge in [-0.3, -0.25) is 0 Å². The summed E-state index contributed by atoms with van der Waals surface area (Å²) >= 11 is 0. The number of rotatable bonds is 5. The van der Waals surface area contributed by atoms with Gasteiger partial charge in [0.25, 0.3) is 0 Å². The first kappa shape index (κ1) is 11.0. The molecule has 1 aromatic carbocycles. The highest BCUT2D eigenvalue weighted by Crippen LogP contribution is 2.07. The van der Waals surface area contributed by atoms with Crippen molar-refractivity contribution in [1.29, 1.82) is 0 Å². The molecule has 1 rings (SSSR count). The molecule has 0 aliphatic carbocycles. The molecular weight excluding hydrogens is 200 g/mol. The van der Waals surface area contributed by atoms with Crippen LogP contribution in [0.1, 0.15) is 6.42 Å². The lowest BCUT2D eigenvalue weighted by molar-refractivity contribution is 0.317. The maximum atomic E-state index is 10.8. The van der Waals surface area contributed by atoms with Crippen LogP contribution in [0.25, 0.3) is 0 Å². The lowest BCUT2D eigenvalue weighted by atomic mass is 10.3. The molecule has 14 heavy (non-hydrogen) atoms. The molecule has 3 nitrogen and oxygen atoms in total. The monoisotopic (exact) mass is 213 g/mol. The molecule has 0 saturated heterocycles. The van der Waals surface area contributed by atoms with Crippen molar-refractivity contribution in [2.75, 3.05) is 18.6 Å². The van der Waals surface area contributed by atoms with E-state index in [-0.39, 0.29) is 5.75 Å². The van der Waals surface area contributed by atoms with Gasteiger partial charge in [0.2, 0.25) is 0 Å². The minimum Gasteiger partial charge on any atom is -0.493 e. The molecule has 0 aliphatic heterocycles. The highest BCUT2D eigenvalue weighted by Gasteiger charge is 2.01. The number of hydrogen-bond donors (Lipinski definition) is 0. The van der Waals surface area contributed by atoms with Gasteiger partial charge in [-0.2, -0.15) is 0 Å². The molecule has 0 heterocycles. The largest absolute Gasteiger partial charge is 0.493 e. The first-order valence-electron chi connectivity index (χ1n) is 4.35. The molecule has 0 fully saturated rings. The lowest BCUT2D eigenvalue weighted by Gasteiger charge is -2.04. The SMILES string of the molecule is CS(=O)(=O)CCCOc1[c]cccc1. The highest BCUT2D eigenvalue weighted by molar-refractivity contribution is 7.90. The second-order valence-electron chi connectivity index (χ2n) is 3.06. The molecule has 0 aromatic heterocycles. The average Bonchev–Trinajstić information content (AvgIpc) is 2.13. The smallest absolute Gasteiger partial charge is 0.147 e. The van der Waals surface area contributed by atoms with E-state index < -0.39 is 9.84 Å². The number of benzene rings is 1. The summed E-state index contributed by atoms with van der Waals surface area (Å²) in [5, 5.41) is 0. The highest BCUT2D eigenvalue weighted by atomic mass is 32.2. The van der Waals surface area contributed by atoms with Gasteiger partial charge < -0.3 is 4.74 Å². The maximum Gasteiger partial charge on any atom is 0.147 e. The number of ether oxygens (including phenoxy) is 1. The van der Waals surface area contributed by atoms with Gasteiger partial charge in [0.1, 0.15) is 15.6 Å². The van der Waals surface area contributed by atoms with Gasteiger partial charge in [0, 0.05) is 12.3 Å². The Morgan fingerprint density at radius 1 is 1.43 bits per heavy atom. The van der Waals surface area contributed by atoms with Crippen molar-refractivity contribution in [3.8, 4) is 5.75 Å². The molecule has 1 aromatic rings. The third-order valence-corrected chi connectivity index (χ3v) is 2.63. The Bertz CT molecular complexity index is 356. The summed E-state index contributed by atoms with van der Waals surface area (Å²) in [6.07, 6.45) is 1.74. The fraction of sp³-hybridized carbons (Fsp3) is 0.400. The van der Waals surface area contributed by atoms with E-state index in [4.69, 9.17) is 4.74 Å². The van der Waals surface area contributed by atoms with Gasteiger partial charge in [-0.05, 0) is 12.5 Å². The van der Waals surface area contributed by atoms with Crippen LogP contribution in [0.15, 0.2) is 24.3 Å². The molecule has 0 saturated carbocycles. The molecule has 0 aliphatic rings. The van der Waals surface area contributed by atoms with Crippen LogP contribution < -0.4 is 4.74 Å². The summed E-state index contributed by atoms with van der Waals surface area (Å²) in [7, 11) is -2.87. The summed E-state index contributed by atoms with van der Waals surface area (Å²) in [5.74, 6) is 0.820. The van der Waals surface area contributed by atoms with Crippen molar-refractivity contribution in [1.82, 2.24) is 0 Å². The fourth-order valence-corrected chi connectivity index (χ4v) is 1.61. The normalized spacial score (nSPS) is 11.2. The zero-order valence-corrected chi connectivity index (χ0v) is 8.88. The zero-order valence-electron chi connectivity index (χ0n) is 8.06. The Balaban J connectivity index is 2.23. The van der Waals surface area contributed by atoms with Crippen LogP contribution in [0.5, 0.6) is 5.75 Å². The molecule has 4 heteroatoms. The topological polar surface area (TPSA) is 43.4 Å². The van der Waals surface area contributed by atoms with Gasteiger partial charge in [-0.25, -0.2) is 8.42 Å². The Morgan fingerprint density at radius 3 is 2.79 bits per heavy atom. The quantitative estimate of drug-likeness (QED) is 0.692. The van der Waals surface area contributed by atoms with Gasteiger partial charge in [0.15, 0.2) is 0 Å².